The number of nitrogens with one attached hydrogen (secondary N) is 2. The van der Waals surface area contributed by atoms with Gasteiger partial charge in [-0.2, -0.15) is 0 Å². The highest BCUT2D eigenvalue weighted by Crippen LogP contribution is 2.16. The molecule has 0 saturated carbocycles. The van der Waals surface area contributed by atoms with E-state index in [1.54, 1.807) is 24.4 Å². The maximum Gasteiger partial charge on any atom is 0.251 e. The summed E-state index contributed by atoms with van der Waals surface area (Å²) in [5.74, 6) is -1.08. The molecule has 2 heterocycles. The van der Waals surface area contributed by atoms with Crippen molar-refractivity contribution in [3.8, 4) is 0 Å². The molecule has 2 amide bonds. The number of aliphatic hydroxyl groups excluding tert-OH is 1. The SMILES string of the molecule is O=C(C[C@@H]1C=C[C@H](NC(=O)c2ccc(F)cc2)[C@H](CO)O1)NCc1ccncn1. The number of amides is 2. The zero-order valence-electron chi connectivity index (χ0n) is 15.5. The molecule has 1 aliphatic heterocycles. The van der Waals surface area contributed by atoms with E-state index in [-0.39, 0.29) is 25.5 Å². The number of halogens is 1. The topological polar surface area (TPSA) is 113 Å². The molecule has 8 nitrogen and oxygen atoms in total. The van der Waals surface area contributed by atoms with E-state index >= 15 is 0 Å². The van der Waals surface area contributed by atoms with Crippen molar-refractivity contribution in [3.63, 3.8) is 0 Å². The average molecular weight is 400 g/mol. The lowest BCUT2D eigenvalue weighted by molar-refractivity contribution is -0.125. The van der Waals surface area contributed by atoms with E-state index in [9.17, 15) is 19.1 Å². The van der Waals surface area contributed by atoms with Gasteiger partial charge in [0.25, 0.3) is 5.91 Å². The van der Waals surface area contributed by atoms with E-state index in [1.807, 2.05) is 0 Å². The molecule has 152 valence electrons. The highest BCUT2D eigenvalue weighted by molar-refractivity contribution is 5.94. The lowest BCUT2D eigenvalue weighted by Crippen LogP contribution is -2.49. The lowest BCUT2D eigenvalue weighted by atomic mass is 10.0. The van der Waals surface area contributed by atoms with Crippen molar-refractivity contribution in [1.29, 1.82) is 0 Å². The first kappa shape index (κ1) is 20.6. The summed E-state index contributed by atoms with van der Waals surface area (Å²) >= 11 is 0. The second kappa shape index (κ2) is 9.85. The summed E-state index contributed by atoms with van der Waals surface area (Å²) in [6, 6.07) is 6.27. The predicted molar refractivity (Wildman–Crippen MR) is 101 cm³/mol. The van der Waals surface area contributed by atoms with Gasteiger partial charge in [-0.25, -0.2) is 14.4 Å². The Hall–Kier alpha value is -3.17. The summed E-state index contributed by atoms with van der Waals surface area (Å²) in [7, 11) is 0. The van der Waals surface area contributed by atoms with E-state index < -0.39 is 30.0 Å². The molecule has 0 spiro atoms. The first-order valence-corrected chi connectivity index (χ1v) is 9.08. The zero-order chi connectivity index (χ0) is 20.6. The highest BCUT2D eigenvalue weighted by Gasteiger charge is 2.29. The molecule has 3 N–H and O–H groups in total. The highest BCUT2D eigenvalue weighted by atomic mass is 19.1. The van der Waals surface area contributed by atoms with Crippen molar-refractivity contribution in [1.82, 2.24) is 20.6 Å². The quantitative estimate of drug-likeness (QED) is 0.591. The Morgan fingerprint density at radius 3 is 2.66 bits per heavy atom. The van der Waals surface area contributed by atoms with Gasteiger partial charge in [0.2, 0.25) is 5.91 Å². The van der Waals surface area contributed by atoms with Crippen LogP contribution in [0.5, 0.6) is 0 Å². The fraction of sp³-hybridized carbons (Fsp3) is 0.300. The molecule has 1 aromatic carbocycles. The van der Waals surface area contributed by atoms with Crippen LogP contribution in [0.2, 0.25) is 0 Å². The summed E-state index contributed by atoms with van der Waals surface area (Å²) < 4.78 is 18.7. The van der Waals surface area contributed by atoms with E-state index in [2.05, 4.69) is 20.6 Å². The Labute approximate surface area is 166 Å². The summed E-state index contributed by atoms with van der Waals surface area (Å²) in [5.41, 5.74) is 0.980. The van der Waals surface area contributed by atoms with Gasteiger partial charge in [0, 0.05) is 11.8 Å². The molecule has 3 rings (SSSR count). The van der Waals surface area contributed by atoms with Gasteiger partial charge < -0.3 is 20.5 Å². The number of rotatable bonds is 7. The number of carbonyl (C=O) groups excluding carboxylic acids is 2. The van der Waals surface area contributed by atoms with Gasteiger partial charge in [-0.3, -0.25) is 9.59 Å². The number of benzene rings is 1. The van der Waals surface area contributed by atoms with Crippen molar-refractivity contribution in [3.05, 3.63) is 72.1 Å². The van der Waals surface area contributed by atoms with Crippen molar-refractivity contribution in [2.75, 3.05) is 6.61 Å². The minimum absolute atomic E-state index is 0.0662. The van der Waals surface area contributed by atoms with E-state index in [0.717, 1.165) is 0 Å². The molecule has 1 aliphatic rings. The molecule has 0 saturated heterocycles. The predicted octanol–water partition coefficient (Wildman–Crippen LogP) is 0.736. The monoisotopic (exact) mass is 400 g/mol. The third-order valence-corrected chi connectivity index (χ3v) is 4.36. The van der Waals surface area contributed by atoms with Crippen LogP contribution >= 0.6 is 0 Å². The Morgan fingerprint density at radius 2 is 1.97 bits per heavy atom. The number of nitrogens with zero attached hydrogens (tertiary/aromatic N) is 2. The molecule has 0 bridgehead atoms. The molecule has 9 heteroatoms. The van der Waals surface area contributed by atoms with Crippen LogP contribution in [0.4, 0.5) is 4.39 Å². The van der Waals surface area contributed by atoms with Gasteiger partial charge in [0.15, 0.2) is 0 Å². The Kier molecular flexibility index (Phi) is 6.99. The van der Waals surface area contributed by atoms with Crippen LogP contribution in [0.25, 0.3) is 0 Å². The van der Waals surface area contributed by atoms with E-state index in [1.165, 1.54) is 30.6 Å². The molecule has 3 atom stereocenters. The number of ether oxygens (including phenoxy) is 1. The number of hydrogen-bond donors (Lipinski definition) is 3. The number of carbonyl (C=O) groups is 2. The van der Waals surface area contributed by atoms with Crippen LogP contribution in [0.1, 0.15) is 22.5 Å². The van der Waals surface area contributed by atoms with Crippen molar-refractivity contribution >= 4 is 11.8 Å². The van der Waals surface area contributed by atoms with Crippen molar-refractivity contribution < 1.29 is 23.8 Å². The second-order valence-corrected chi connectivity index (χ2v) is 6.47. The van der Waals surface area contributed by atoms with Gasteiger partial charge in [-0.15, -0.1) is 0 Å². The number of hydrogen-bond acceptors (Lipinski definition) is 6. The third-order valence-electron chi connectivity index (χ3n) is 4.36. The first-order valence-electron chi connectivity index (χ1n) is 9.08. The molecule has 0 fully saturated rings. The van der Waals surface area contributed by atoms with Gasteiger partial charge in [-0.1, -0.05) is 12.2 Å². The van der Waals surface area contributed by atoms with Gasteiger partial charge in [-0.05, 0) is 30.3 Å². The number of aliphatic hydroxyl groups is 1. The molecule has 29 heavy (non-hydrogen) atoms. The van der Waals surface area contributed by atoms with Crippen LogP contribution < -0.4 is 10.6 Å². The molecular formula is C20H21FN4O4. The Balaban J connectivity index is 1.53. The minimum atomic E-state index is -0.705. The molecule has 2 aromatic rings. The van der Waals surface area contributed by atoms with Crippen LogP contribution in [-0.2, 0) is 16.1 Å². The second-order valence-electron chi connectivity index (χ2n) is 6.47. The third kappa shape index (κ3) is 5.90. The number of aromatic nitrogens is 2. The summed E-state index contributed by atoms with van der Waals surface area (Å²) in [6.07, 6.45) is 5.19. The normalized spacial score (nSPS) is 20.8. The summed E-state index contributed by atoms with van der Waals surface area (Å²) in [6.45, 7) is -0.0602. The van der Waals surface area contributed by atoms with E-state index in [4.69, 9.17) is 4.74 Å². The molecular weight excluding hydrogens is 379 g/mol. The standard InChI is InChI=1S/C20H21FN4O4/c21-14-3-1-13(2-4-14)20(28)25-17-6-5-16(29-18(17)11-26)9-19(27)23-10-15-7-8-22-12-24-15/h1-8,12,16-18,26H,9-11H2,(H,23,27)(H,25,28)/t16-,17-,18-/m0/s1. The van der Waals surface area contributed by atoms with Crippen LogP contribution in [-0.4, -0.2) is 51.7 Å². The van der Waals surface area contributed by atoms with Crippen LogP contribution in [0, 0.1) is 5.82 Å². The zero-order valence-corrected chi connectivity index (χ0v) is 15.5. The molecule has 1 aromatic heterocycles. The fourth-order valence-corrected chi connectivity index (χ4v) is 2.84. The van der Waals surface area contributed by atoms with Gasteiger partial charge in [0.05, 0.1) is 37.4 Å². The Bertz CT molecular complexity index is 861. The minimum Gasteiger partial charge on any atom is -0.394 e. The van der Waals surface area contributed by atoms with Crippen LogP contribution in [0.3, 0.4) is 0 Å². The van der Waals surface area contributed by atoms with Crippen LogP contribution in [0.15, 0.2) is 55.0 Å². The summed E-state index contributed by atoms with van der Waals surface area (Å²) in [5, 5.41) is 15.1. The largest absolute Gasteiger partial charge is 0.394 e. The van der Waals surface area contributed by atoms with Gasteiger partial charge in [0.1, 0.15) is 18.2 Å². The summed E-state index contributed by atoms with van der Waals surface area (Å²) in [4.78, 5) is 32.2. The molecule has 0 aliphatic carbocycles. The lowest BCUT2D eigenvalue weighted by Gasteiger charge is -2.31. The Morgan fingerprint density at radius 1 is 1.17 bits per heavy atom. The maximum atomic E-state index is 13.0. The average Bonchev–Trinajstić information content (AvgIpc) is 2.74. The first-order chi connectivity index (χ1) is 14.0. The van der Waals surface area contributed by atoms with Crippen molar-refractivity contribution in [2.24, 2.45) is 0 Å². The van der Waals surface area contributed by atoms with Crippen molar-refractivity contribution in [2.45, 2.75) is 31.2 Å². The van der Waals surface area contributed by atoms with Gasteiger partial charge >= 0.3 is 0 Å². The maximum absolute atomic E-state index is 13.0. The molecule has 0 radical (unpaired) electrons. The van der Waals surface area contributed by atoms with E-state index in [0.29, 0.717) is 11.3 Å². The fourth-order valence-electron chi connectivity index (χ4n) is 2.84. The smallest absolute Gasteiger partial charge is 0.251 e. The molecule has 0 unspecified atom stereocenters.